The Labute approximate surface area is 128 Å². The molecule has 0 bridgehead atoms. The fraction of sp³-hybridized carbons (Fsp3) is 0.222. The average Bonchev–Trinajstić information content (AvgIpc) is 2.99. The van der Waals surface area contributed by atoms with Gasteiger partial charge < -0.3 is 4.74 Å². The lowest BCUT2D eigenvalue weighted by Crippen LogP contribution is -2.08. The quantitative estimate of drug-likeness (QED) is 0.565. The van der Waals surface area contributed by atoms with Crippen molar-refractivity contribution in [3.63, 3.8) is 0 Å². The summed E-state index contributed by atoms with van der Waals surface area (Å²) in [5.74, 6) is 0.0896. The Hall–Kier alpha value is -1.87. The third-order valence-corrected chi connectivity index (χ3v) is 4.44. The first-order chi connectivity index (χ1) is 10.3. The highest BCUT2D eigenvalue weighted by Crippen LogP contribution is 2.36. The van der Waals surface area contributed by atoms with E-state index in [9.17, 15) is 4.39 Å². The van der Waals surface area contributed by atoms with E-state index >= 15 is 0 Å². The maximum absolute atomic E-state index is 14.2. The van der Waals surface area contributed by atoms with Crippen LogP contribution in [0.4, 0.5) is 4.39 Å². The first-order valence-electron chi connectivity index (χ1n) is 7.17. The summed E-state index contributed by atoms with van der Waals surface area (Å²) >= 11 is 1.52. The van der Waals surface area contributed by atoms with Crippen molar-refractivity contribution < 1.29 is 9.13 Å². The lowest BCUT2D eigenvalue weighted by molar-refractivity contribution is 0.188. The molecule has 0 saturated heterocycles. The number of hydrogen-bond donors (Lipinski definition) is 0. The van der Waals surface area contributed by atoms with Crippen LogP contribution in [-0.2, 0) is 0 Å². The van der Waals surface area contributed by atoms with Crippen LogP contribution in [0.2, 0.25) is 0 Å². The second kappa shape index (κ2) is 6.27. The highest BCUT2D eigenvalue weighted by molar-refractivity contribution is 7.17. The van der Waals surface area contributed by atoms with Gasteiger partial charge >= 0.3 is 0 Å². The largest absolute Gasteiger partial charge is 0.481 e. The van der Waals surface area contributed by atoms with Crippen molar-refractivity contribution in [3.8, 4) is 5.75 Å². The smallest absolute Gasteiger partial charge is 0.173 e. The topological polar surface area (TPSA) is 9.23 Å². The monoisotopic (exact) mass is 300 g/mol. The van der Waals surface area contributed by atoms with Crippen LogP contribution in [0.5, 0.6) is 5.75 Å². The van der Waals surface area contributed by atoms with Gasteiger partial charge in [-0.2, -0.15) is 0 Å². The second-order valence-corrected chi connectivity index (χ2v) is 5.94. The third kappa shape index (κ3) is 2.93. The maximum Gasteiger partial charge on any atom is 0.173 e. The summed E-state index contributed by atoms with van der Waals surface area (Å²) in [5, 5.41) is 2.99. The minimum atomic E-state index is -0.290. The summed E-state index contributed by atoms with van der Waals surface area (Å²) in [6.45, 7) is 2.11. The Morgan fingerprint density at radius 1 is 1.10 bits per heavy atom. The lowest BCUT2D eigenvalue weighted by atomic mass is 10.1. The van der Waals surface area contributed by atoms with E-state index in [1.807, 2.05) is 41.8 Å². The zero-order chi connectivity index (χ0) is 14.7. The lowest BCUT2D eigenvalue weighted by Gasteiger charge is -2.20. The van der Waals surface area contributed by atoms with Gasteiger partial charge in [-0.25, -0.2) is 4.39 Å². The predicted molar refractivity (Wildman–Crippen MR) is 86.5 cm³/mol. The highest BCUT2D eigenvalue weighted by Gasteiger charge is 2.17. The van der Waals surface area contributed by atoms with Crippen LogP contribution in [0.15, 0.2) is 53.9 Å². The van der Waals surface area contributed by atoms with E-state index in [2.05, 4.69) is 6.92 Å². The minimum Gasteiger partial charge on any atom is -0.481 e. The molecule has 0 unspecified atom stereocenters. The average molecular weight is 300 g/mol. The molecule has 21 heavy (non-hydrogen) atoms. The highest BCUT2D eigenvalue weighted by atomic mass is 32.1. The summed E-state index contributed by atoms with van der Waals surface area (Å²) in [6, 6.07) is 15.3. The van der Waals surface area contributed by atoms with E-state index in [0.717, 1.165) is 28.5 Å². The maximum atomic E-state index is 14.2. The van der Waals surface area contributed by atoms with Gasteiger partial charge in [0.25, 0.3) is 0 Å². The van der Waals surface area contributed by atoms with Crippen molar-refractivity contribution in [1.29, 1.82) is 0 Å². The van der Waals surface area contributed by atoms with Crippen molar-refractivity contribution in [2.75, 3.05) is 0 Å². The van der Waals surface area contributed by atoms with Gasteiger partial charge in [-0.05, 0) is 34.9 Å². The molecule has 0 aliphatic rings. The molecule has 2 aromatic carbocycles. The predicted octanol–water partition coefficient (Wildman–Crippen LogP) is 5.96. The molecule has 1 nitrogen and oxygen atoms in total. The van der Waals surface area contributed by atoms with E-state index < -0.39 is 0 Å². The van der Waals surface area contributed by atoms with Gasteiger partial charge in [0.2, 0.25) is 0 Å². The number of halogens is 1. The molecule has 1 atom stereocenters. The molecule has 0 fully saturated rings. The molecule has 0 aliphatic heterocycles. The molecule has 0 spiro atoms. The molecule has 0 N–H and O–H groups in total. The van der Waals surface area contributed by atoms with E-state index in [1.165, 1.54) is 17.4 Å². The van der Waals surface area contributed by atoms with Gasteiger partial charge in [-0.1, -0.05) is 49.7 Å². The van der Waals surface area contributed by atoms with Crippen molar-refractivity contribution >= 4 is 21.4 Å². The molecular weight excluding hydrogens is 283 g/mol. The van der Waals surface area contributed by atoms with Crippen LogP contribution in [-0.4, -0.2) is 0 Å². The summed E-state index contributed by atoms with van der Waals surface area (Å²) < 4.78 is 21.2. The van der Waals surface area contributed by atoms with E-state index in [1.54, 1.807) is 6.07 Å². The van der Waals surface area contributed by atoms with E-state index in [-0.39, 0.29) is 11.9 Å². The molecule has 1 aromatic heterocycles. The van der Waals surface area contributed by atoms with Gasteiger partial charge in [-0.3, -0.25) is 0 Å². The molecule has 3 aromatic rings. The van der Waals surface area contributed by atoms with Crippen LogP contribution in [0, 0.1) is 5.82 Å². The molecule has 108 valence electrons. The van der Waals surface area contributed by atoms with Crippen molar-refractivity contribution in [2.45, 2.75) is 25.9 Å². The van der Waals surface area contributed by atoms with Gasteiger partial charge in [0.05, 0.1) is 4.70 Å². The first kappa shape index (κ1) is 14.1. The van der Waals surface area contributed by atoms with Gasteiger partial charge in [0.1, 0.15) is 6.10 Å². The Morgan fingerprint density at radius 2 is 1.90 bits per heavy atom. The number of ether oxygens (including phenoxy) is 1. The van der Waals surface area contributed by atoms with E-state index in [0.29, 0.717) is 5.75 Å². The standard InChI is InChI=1S/C18H17FOS/c1-2-6-16(13-7-4-3-5-8-13)20-17-15(19)10-9-14-11-12-21-18(14)17/h3-5,7-12,16H,2,6H2,1H3/t16-/m0/s1. The molecule has 0 aliphatic carbocycles. The molecule has 0 radical (unpaired) electrons. The first-order valence-corrected chi connectivity index (χ1v) is 8.05. The molecule has 3 heteroatoms. The Kier molecular flexibility index (Phi) is 4.20. The van der Waals surface area contributed by atoms with Crippen molar-refractivity contribution in [1.82, 2.24) is 0 Å². The van der Waals surface area contributed by atoms with Crippen LogP contribution in [0.1, 0.15) is 31.4 Å². The van der Waals surface area contributed by atoms with Gasteiger partial charge in [0.15, 0.2) is 11.6 Å². The van der Waals surface area contributed by atoms with Gasteiger partial charge in [-0.15, -0.1) is 11.3 Å². The van der Waals surface area contributed by atoms with Crippen LogP contribution in [0.3, 0.4) is 0 Å². The molecule has 0 saturated carbocycles. The number of rotatable bonds is 5. The number of fused-ring (bicyclic) bond motifs is 1. The zero-order valence-corrected chi connectivity index (χ0v) is 12.7. The number of benzene rings is 2. The Balaban J connectivity index is 1.98. The fourth-order valence-corrected chi connectivity index (χ4v) is 3.33. The normalized spacial score (nSPS) is 12.5. The molecular formula is C18H17FOS. The summed E-state index contributed by atoms with van der Waals surface area (Å²) in [4.78, 5) is 0. The molecule has 3 rings (SSSR count). The van der Waals surface area contributed by atoms with Crippen LogP contribution < -0.4 is 4.74 Å². The zero-order valence-electron chi connectivity index (χ0n) is 11.9. The summed E-state index contributed by atoms with van der Waals surface area (Å²) in [5.41, 5.74) is 1.09. The summed E-state index contributed by atoms with van der Waals surface area (Å²) in [7, 11) is 0. The van der Waals surface area contributed by atoms with Crippen LogP contribution in [0.25, 0.3) is 10.1 Å². The van der Waals surface area contributed by atoms with Crippen molar-refractivity contribution in [2.24, 2.45) is 0 Å². The third-order valence-electron chi connectivity index (χ3n) is 3.51. The summed E-state index contributed by atoms with van der Waals surface area (Å²) in [6.07, 6.45) is 1.74. The molecule has 0 amide bonds. The minimum absolute atomic E-state index is 0.113. The number of thiophene rings is 1. The second-order valence-electron chi connectivity index (χ2n) is 5.02. The van der Waals surface area contributed by atoms with Gasteiger partial charge in [0, 0.05) is 0 Å². The SMILES string of the molecule is CCC[C@H](Oc1c(F)ccc2ccsc12)c1ccccc1. The Bertz CT molecular complexity index is 720. The fourth-order valence-electron chi connectivity index (χ4n) is 2.46. The van der Waals surface area contributed by atoms with E-state index in [4.69, 9.17) is 4.74 Å². The Morgan fingerprint density at radius 3 is 2.67 bits per heavy atom. The number of hydrogen-bond acceptors (Lipinski definition) is 2. The van der Waals surface area contributed by atoms with Crippen LogP contribution >= 0.6 is 11.3 Å². The molecule has 1 heterocycles. The van der Waals surface area contributed by atoms with Crippen molar-refractivity contribution in [3.05, 3.63) is 65.3 Å².